The summed E-state index contributed by atoms with van der Waals surface area (Å²) in [6, 6.07) is 17.1. The number of nitrogens with zero attached hydrogens (tertiary/aromatic N) is 2. The normalized spacial score (nSPS) is 11.1. The molecule has 3 heteroatoms. The van der Waals surface area contributed by atoms with Gasteiger partial charge in [0.15, 0.2) is 0 Å². The van der Waals surface area contributed by atoms with Crippen molar-refractivity contribution in [1.82, 2.24) is 9.55 Å². The van der Waals surface area contributed by atoms with Gasteiger partial charge in [0.1, 0.15) is 5.82 Å². The highest BCUT2D eigenvalue weighted by atomic mass is 127. The molecule has 3 aromatic rings. The number of benzene rings is 2. The molecule has 0 saturated carbocycles. The summed E-state index contributed by atoms with van der Waals surface area (Å²) in [7, 11) is 0. The molecule has 2 aromatic carbocycles. The van der Waals surface area contributed by atoms with E-state index in [1.165, 1.54) is 20.5 Å². The van der Waals surface area contributed by atoms with E-state index in [1.54, 1.807) is 0 Å². The second-order valence-corrected chi connectivity index (χ2v) is 6.22. The number of hydrogen-bond donors (Lipinski definition) is 0. The fraction of sp³-hybridized carbons (Fsp3) is 0.235. The van der Waals surface area contributed by atoms with E-state index in [0.29, 0.717) is 0 Å². The summed E-state index contributed by atoms with van der Waals surface area (Å²) < 4.78 is 3.62. The topological polar surface area (TPSA) is 17.8 Å². The number of para-hydroxylation sites is 2. The van der Waals surface area contributed by atoms with Gasteiger partial charge in [-0.15, -0.1) is 0 Å². The fourth-order valence-electron chi connectivity index (χ4n) is 2.49. The maximum atomic E-state index is 4.78. The zero-order valence-electron chi connectivity index (χ0n) is 11.5. The Hall–Kier alpha value is -1.36. The lowest BCUT2D eigenvalue weighted by Crippen LogP contribution is -2.05. The molecule has 0 aliphatic heterocycles. The third-order valence-electron chi connectivity index (χ3n) is 3.46. The van der Waals surface area contributed by atoms with Crippen molar-refractivity contribution in [2.75, 3.05) is 0 Å². The summed E-state index contributed by atoms with van der Waals surface area (Å²) in [5.74, 6) is 1.19. The Balaban J connectivity index is 2.04. The van der Waals surface area contributed by atoms with Crippen molar-refractivity contribution < 1.29 is 0 Å². The van der Waals surface area contributed by atoms with Crippen molar-refractivity contribution in [3.63, 3.8) is 0 Å². The summed E-state index contributed by atoms with van der Waals surface area (Å²) in [6.45, 7) is 3.10. The zero-order chi connectivity index (χ0) is 13.9. The first kappa shape index (κ1) is 13.6. The molecule has 0 N–H and O–H groups in total. The van der Waals surface area contributed by atoms with Gasteiger partial charge in [0.2, 0.25) is 0 Å². The van der Waals surface area contributed by atoms with Gasteiger partial charge in [0, 0.05) is 16.5 Å². The predicted octanol–water partition coefficient (Wildman–Crippen LogP) is 4.64. The molecular weight excluding hydrogens is 359 g/mol. The second-order valence-electron chi connectivity index (χ2n) is 4.98. The predicted molar refractivity (Wildman–Crippen MR) is 92.0 cm³/mol. The highest BCUT2D eigenvalue weighted by molar-refractivity contribution is 14.1. The van der Waals surface area contributed by atoms with Crippen LogP contribution in [0.2, 0.25) is 0 Å². The maximum absolute atomic E-state index is 4.78. The number of rotatable bonds is 4. The molecule has 0 unspecified atom stereocenters. The number of hydrogen-bond acceptors (Lipinski definition) is 1. The van der Waals surface area contributed by atoms with Crippen LogP contribution >= 0.6 is 22.6 Å². The Kier molecular flexibility index (Phi) is 4.05. The lowest BCUT2D eigenvalue weighted by molar-refractivity contribution is 0.721. The molecule has 20 heavy (non-hydrogen) atoms. The van der Waals surface area contributed by atoms with Gasteiger partial charge >= 0.3 is 0 Å². The molecule has 1 aromatic heterocycles. The molecule has 3 rings (SSSR count). The molecule has 102 valence electrons. The molecule has 0 radical (unpaired) electrons. The standard InChI is InChI=1S/C17H17IN2/c1-2-5-17-19-15-6-3-4-7-16(15)20(17)12-13-8-10-14(18)11-9-13/h3-4,6-11H,2,5,12H2,1H3. The minimum absolute atomic E-state index is 0.896. The van der Waals surface area contributed by atoms with Crippen molar-refractivity contribution >= 4 is 33.6 Å². The number of fused-ring (bicyclic) bond motifs is 1. The van der Waals surface area contributed by atoms with Gasteiger partial charge in [-0.25, -0.2) is 4.98 Å². The van der Waals surface area contributed by atoms with E-state index in [9.17, 15) is 0 Å². The van der Waals surface area contributed by atoms with Crippen molar-refractivity contribution in [2.45, 2.75) is 26.3 Å². The number of halogens is 1. The Labute approximate surface area is 133 Å². The molecule has 0 aliphatic carbocycles. The lowest BCUT2D eigenvalue weighted by atomic mass is 10.2. The first-order chi connectivity index (χ1) is 9.78. The molecule has 0 fully saturated rings. The lowest BCUT2D eigenvalue weighted by Gasteiger charge is -2.09. The summed E-state index contributed by atoms with van der Waals surface area (Å²) >= 11 is 2.34. The van der Waals surface area contributed by atoms with E-state index in [1.807, 2.05) is 0 Å². The number of imidazole rings is 1. The molecule has 0 saturated heterocycles. The Morgan fingerprint density at radius 3 is 2.55 bits per heavy atom. The van der Waals surface area contributed by atoms with Gasteiger partial charge in [-0.3, -0.25) is 0 Å². The van der Waals surface area contributed by atoms with Gasteiger partial charge in [-0.1, -0.05) is 31.2 Å². The minimum atomic E-state index is 0.896. The maximum Gasteiger partial charge on any atom is 0.110 e. The van der Waals surface area contributed by atoms with Gasteiger partial charge < -0.3 is 4.57 Å². The van der Waals surface area contributed by atoms with E-state index in [0.717, 1.165) is 24.9 Å². The largest absolute Gasteiger partial charge is 0.323 e. The molecule has 0 amide bonds. The number of aryl methyl sites for hydroxylation is 1. The SMILES string of the molecule is CCCc1nc2ccccc2n1Cc1ccc(I)cc1. The minimum Gasteiger partial charge on any atom is -0.323 e. The van der Waals surface area contributed by atoms with Crippen LogP contribution in [0.1, 0.15) is 24.7 Å². The van der Waals surface area contributed by atoms with Crippen LogP contribution in [0.25, 0.3) is 11.0 Å². The van der Waals surface area contributed by atoms with Crippen molar-refractivity contribution in [3.05, 3.63) is 63.5 Å². The number of aromatic nitrogens is 2. The summed E-state index contributed by atoms with van der Waals surface area (Å²) in [4.78, 5) is 4.78. The third-order valence-corrected chi connectivity index (χ3v) is 4.18. The molecule has 0 spiro atoms. The summed E-state index contributed by atoms with van der Waals surface area (Å²) in [6.07, 6.45) is 2.15. The van der Waals surface area contributed by atoms with Crippen LogP contribution in [-0.2, 0) is 13.0 Å². The molecule has 0 aliphatic rings. The average Bonchev–Trinajstić information content (AvgIpc) is 2.80. The zero-order valence-corrected chi connectivity index (χ0v) is 13.7. The van der Waals surface area contributed by atoms with Crippen LogP contribution in [0.3, 0.4) is 0 Å². The van der Waals surface area contributed by atoms with Gasteiger partial charge in [0.25, 0.3) is 0 Å². The smallest absolute Gasteiger partial charge is 0.110 e. The van der Waals surface area contributed by atoms with E-state index in [2.05, 4.69) is 82.6 Å². The molecule has 0 bridgehead atoms. The third kappa shape index (κ3) is 2.73. The van der Waals surface area contributed by atoms with Crippen molar-refractivity contribution in [1.29, 1.82) is 0 Å². The van der Waals surface area contributed by atoms with Crippen LogP contribution < -0.4 is 0 Å². The Morgan fingerprint density at radius 2 is 1.80 bits per heavy atom. The highest BCUT2D eigenvalue weighted by Crippen LogP contribution is 2.19. The van der Waals surface area contributed by atoms with Crippen LogP contribution in [0.5, 0.6) is 0 Å². The van der Waals surface area contributed by atoms with E-state index >= 15 is 0 Å². The fourth-order valence-corrected chi connectivity index (χ4v) is 2.85. The highest BCUT2D eigenvalue weighted by Gasteiger charge is 2.09. The Bertz CT molecular complexity index is 713. The van der Waals surface area contributed by atoms with E-state index in [4.69, 9.17) is 4.98 Å². The van der Waals surface area contributed by atoms with Gasteiger partial charge in [-0.05, 0) is 58.8 Å². The Morgan fingerprint density at radius 1 is 1.05 bits per heavy atom. The monoisotopic (exact) mass is 376 g/mol. The van der Waals surface area contributed by atoms with E-state index in [-0.39, 0.29) is 0 Å². The van der Waals surface area contributed by atoms with Gasteiger partial charge in [0.05, 0.1) is 11.0 Å². The molecule has 0 atom stereocenters. The van der Waals surface area contributed by atoms with Crippen LogP contribution in [0.4, 0.5) is 0 Å². The summed E-state index contributed by atoms with van der Waals surface area (Å²) in [5.41, 5.74) is 3.65. The average molecular weight is 376 g/mol. The van der Waals surface area contributed by atoms with Gasteiger partial charge in [-0.2, -0.15) is 0 Å². The summed E-state index contributed by atoms with van der Waals surface area (Å²) in [5, 5.41) is 0. The van der Waals surface area contributed by atoms with E-state index < -0.39 is 0 Å². The van der Waals surface area contributed by atoms with Crippen LogP contribution in [0, 0.1) is 3.57 Å². The van der Waals surface area contributed by atoms with Crippen LogP contribution in [0.15, 0.2) is 48.5 Å². The van der Waals surface area contributed by atoms with Crippen molar-refractivity contribution in [3.8, 4) is 0 Å². The van der Waals surface area contributed by atoms with Crippen molar-refractivity contribution in [2.24, 2.45) is 0 Å². The molecule has 2 nitrogen and oxygen atoms in total. The first-order valence-electron chi connectivity index (χ1n) is 6.96. The quantitative estimate of drug-likeness (QED) is 0.607. The second kappa shape index (κ2) is 5.95. The van der Waals surface area contributed by atoms with Crippen LogP contribution in [-0.4, -0.2) is 9.55 Å². The molecular formula is C17H17IN2. The first-order valence-corrected chi connectivity index (χ1v) is 8.04. The molecule has 1 heterocycles.